The Bertz CT molecular complexity index is 1980. The number of benzene rings is 4. The van der Waals surface area contributed by atoms with Crippen molar-refractivity contribution in [2.45, 2.75) is 62.7 Å². The van der Waals surface area contributed by atoms with Crippen molar-refractivity contribution in [1.29, 1.82) is 0 Å². The number of rotatable bonds is 11. The van der Waals surface area contributed by atoms with Gasteiger partial charge < -0.3 is 40.5 Å². The summed E-state index contributed by atoms with van der Waals surface area (Å²) in [5.74, 6) is -1.51. The first-order chi connectivity index (χ1) is 27.9. The number of alkyl carbamates (subject to hydrolysis) is 2. The second kappa shape index (κ2) is 17.6. The fourth-order valence-electron chi connectivity index (χ4n) is 7.66. The number of hydrogen-bond donors (Lipinski definition) is 4. The first kappa shape index (κ1) is 40.9. The second-order valence-electron chi connectivity index (χ2n) is 14.8. The smallest absolute Gasteiger partial charge is 0.407 e. The zero-order valence-corrected chi connectivity index (χ0v) is 33.0. The molecule has 0 aromatic heterocycles. The van der Waals surface area contributed by atoms with Crippen molar-refractivity contribution < 1.29 is 38.2 Å². The predicted molar refractivity (Wildman–Crippen MR) is 217 cm³/mol. The lowest BCUT2D eigenvalue weighted by Gasteiger charge is -2.36. The number of amides is 6. The molecule has 0 bridgehead atoms. The Labute approximate surface area is 337 Å². The molecule has 4 N–H and O–H groups in total. The molecule has 2 heterocycles. The van der Waals surface area contributed by atoms with Crippen LogP contribution in [0.2, 0.25) is 0 Å². The van der Waals surface area contributed by atoms with E-state index in [4.69, 9.17) is 9.47 Å². The second-order valence-corrected chi connectivity index (χ2v) is 14.8. The Morgan fingerprint density at radius 1 is 0.534 bits per heavy atom. The van der Waals surface area contributed by atoms with E-state index in [1.807, 2.05) is 36.4 Å². The molecule has 6 amide bonds. The molecule has 4 aromatic carbocycles. The van der Waals surface area contributed by atoms with Gasteiger partial charge >= 0.3 is 12.2 Å². The van der Waals surface area contributed by atoms with Gasteiger partial charge in [-0.05, 0) is 86.1 Å². The van der Waals surface area contributed by atoms with E-state index in [1.54, 1.807) is 86.6 Å². The Kier molecular flexibility index (Phi) is 12.4. The topological polar surface area (TPSA) is 175 Å². The van der Waals surface area contributed by atoms with Crippen LogP contribution in [0.15, 0.2) is 109 Å². The number of hydrogen-bond acceptors (Lipinski definition) is 8. The molecule has 2 fully saturated rings. The van der Waals surface area contributed by atoms with Gasteiger partial charge in [0, 0.05) is 24.5 Å². The quantitative estimate of drug-likeness (QED) is 0.139. The van der Waals surface area contributed by atoms with Crippen molar-refractivity contribution in [2.24, 2.45) is 0 Å². The zero-order chi connectivity index (χ0) is 41.5. The van der Waals surface area contributed by atoms with Gasteiger partial charge in [-0.1, -0.05) is 84.9 Å². The molecule has 58 heavy (non-hydrogen) atoms. The Morgan fingerprint density at radius 2 is 0.879 bits per heavy atom. The molecule has 4 atom stereocenters. The number of carbonyl (C=O) groups excluding carboxylic acids is 6. The van der Waals surface area contributed by atoms with Crippen LogP contribution in [0, 0.1) is 0 Å². The summed E-state index contributed by atoms with van der Waals surface area (Å²) in [7, 11) is 2.45. The number of anilines is 2. The van der Waals surface area contributed by atoms with E-state index in [0.717, 1.165) is 11.1 Å². The summed E-state index contributed by atoms with van der Waals surface area (Å²) in [6.07, 6.45) is 0.609. The highest BCUT2D eigenvalue weighted by molar-refractivity contribution is 6.03. The largest absolute Gasteiger partial charge is 0.453 e. The zero-order valence-electron chi connectivity index (χ0n) is 33.0. The molecule has 2 aliphatic rings. The number of carbonyl (C=O) groups is 6. The lowest BCUT2D eigenvalue weighted by molar-refractivity contribution is -0.143. The molecule has 14 heteroatoms. The SMILES string of the molecule is COC(=O)N[C@@H](C(=O)N1CCCC1(C)C(=O)Nc1ccc(-c2ccc(NC(=O)C3(C)CCCN3C(=O)[C@H](NC(=O)OC)c3ccccc3)cc2)cc1)c1ccccc1. The lowest BCUT2D eigenvalue weighted by Crippen LogP contribution is -2.56. The summed E-state index contributed by atoms with van der Waals surface area (Å²) in [6, 6.07) is 30.2. The Hall–Kier alpha value is -6.70. The summed E-state index contributed by atoms with van der Waals surface area (Å²) in [4.78, 5) is 82.9. The molecule has 2 saturated heterocycles. The minimum atomic E-state index is -1.16. The number of ether oxygens (including phenoxy) is 2. The molecule has 6 rings (SSSR count). The fourth-order valence-corrected chi connectivity index (χ4v) is 7.66. The van der Waals surface area contributed by atoms with Gasteiger partial charge in [-0.15, -0.1) is 0 Å². The third-order valence-corrected chi connectivity index (χ3v) is 11.1. The first-order valence-electron chi connectivity index (χ1n) is 19.1. The maximum atomic E-state index is 13.9. The van der Waals surface area contributed by atoms with Crippen LogP contribution in [0.3, 0.4) is 0 Å². The molecule has 0 aliphatic carbocycles. The number of methoxy groups -OCH3 is 2. The van der Waals surface area contributed by atoms with Crippen molar-refractivity contribution >= 4 is 47.2 Å². The predicted octanol–water partition coefficient (Wildman–Crippen LogP) is 6.19. The molecular weight excluding hydrogens is 741 g/mol. The van der Waals surface area contributed by atoms with Crippen LogP contribution in [-0.4, -0.2) is 84.0 Å². The van der Waals surface area contributed by atoms with Crippen LogP contribution in [0.25, 0.3) is 11.1 Å². The van der Waals surface area contributed by atoms with Crippen molar-refractivity contribution in [3.8, 4) is 11.1 Å². The average Bonchev–Trinajstić information content (AvgIpc) is 3.86. The number of nitrogens with zero attached hydrogens (tertiary/aromatic N) is 2. The third-order valence-electron chi connectivity index (χ3n) is 11.1. The van der Waals surface area contributed by atoms with E-state index in [-0.39, 0.29) is 11.8 Å². The lowest BCUT2D eigenvalue weighted by atomic mass is 9.95. The average molecular weight is 789 g/mol. The molecular formula is C44H48N6O8. The highest BCUT2D eigenvalue weighted by Crippen LogP contribution is 2.35. The van der Waals surface area contributed by atoms with E-state index in [1.165, 1.54) is 24.0 Å². The van der Waals surface area contributed by atoms with Gasteiger partial charge in [0.1, 0.15) is 23.2 Å². The molecule has 0 spiro atoms. The monoisotopic (exact) mass is 788 g/mol. The van der Waals surface area contributed by atoms with Crippen molar-refractivity contribution in [2.75, 3.05) is 37.9 Å². The highest BCUT2D eigenvalue weighted by atomic mass is 16.5. The molecule has 0 saturated carbocycles. The molecule has 0 radical (unpaired) electrons. The summed E-state index contributed by atoms with van der Waals surface area (Å²) in [5, 5.41) is 11.2. The third kappa shape index (κ3) is 8.65. The van der Waals surface area contributed by atoms with Gasteiger partial charge in [0.15, 0.2) is 0 Å². The molecule has 2 unspecified atom stereocenters. The van der Waals surface area contributed by atoms with E-state index < -0.39 is 47.2 Å². The standard InChI is InChI=1S/C44H48N6O8/c1-43(25-11-27-49(43)37(51)35(47-41(55)57-3)31-13-7-5-8-14-31)39(53)45-33-21-17-29(18-22-33)30-19-23-34(24-20-30)46-40(54)44(2)26-12-28-50(44)38(52)36(48-42(56)58-4)32-15-9-6-10-16-32/h5-10,13-24,35-36H,11-12,25-28H2,1-4H3,(H,45,53)(H,46,54)(H,47,55)(H,48,56)/t35-,36-,43?,44?/m1/s1. The Morgan fingerprint density at radius 3 is 1.21 bits per heavy atom. The Balaban J connectivity index is 1.10. The van der Waals surface area contributed by atoms with Gasteiger partial charge in [-0.3, -0.25) is 19.2 Å². The number of likely N-dealkylation sites (tertiary alicyclic amines) is 2. The summed E-state index contributed by atoms with van der Waals surface area (Å²) in [6.45, 7) is 4.16. The number of nitrogens with one attached hydrogen (secondary N) is 4. The van der Waals surface area contributed by atoms with Gasteiger partial charge in [0.05, 0.1) is 14.2 Å². The molecule has 2 aliphatic heterocycles. The van der Waals surface area contributed by atoms with Crippen LogP contribution < -0.4 is 21.3 Å². The van der Waals surface area contributed by atoms with Crippen molar-refractivity contribution in [1.82, 2.24) is 20.4 Å². The molecule has 14 nitrogen and oxygen atoms in total. The van der Waals surface area contributed by atoms with E-state index >= 15 is 0 Å². The highest BCUT2D eigenvalue weighted by Gasteiger charge is 2.49. The molecule has 4 aromatic rings. The maximum absolute atomic E-state index is 13.9. The maximum Gasteiger partial charge on any atom is 0.407 e. The van der Waals surface area contributed by atoms with E-state index in [9.17, 15) is 28.8 Å². The summed E-state index contributed by atoms with van der Waals surface area (Å²) >= 11 is 0. The summed E-state index contributed by atoms with van der Waals surface area (Å²) < 4.78 is 9.56. The van der Waals surface area contributed by atoms with Crippen LogP contribution in [0.5, 0.6) is 0 Å². The van der Waals surface area contributed by atoms with Gasteiger partial charge in [-0.2, -0.15) is 0 Å². The molecule has 302 valence electrons. The van der Waals surface area contributed by atoms with Crippen LogP contribution >= 0.6 is 0 Å². The minimum absolute atomic E-state index is 0.345. The van der Waals surface area contributed by atoms with Crippen LogP contribution in [0.4, 0.5) is 21.0 Å². The van der Waals surface area contributed by atoms with Crippen molar-refractivity contribution in [3.05, 3.63) is 120 Å². The van der Waals surface area contributed by atoms with Crippen LogP contribution in [0.1, 0.15) is 62.7 Å². The van der Waals surface area contributed by atoms with Gasteiger partial charge in [-0.25, -0.2) is 9.59 Å². The van der Waals surface area contributed by atoms with Crippen LogP contribution in [-0.2, 0) is 28.7 Å². The first-order valence-corrected chi connectivity index (χ1v) is 19.1. The van der Waals surface area contributed by atoms with E-state index in [2.05, 4.69) is 21.3 Å². The van der Waals surface area contributed by atoms with Gasteiger partial charge in [0.2, 0.25) is 11.8 Å². The van der Waals surface area contributed by atoms with E-state index in [0.29, 0.717) is 61.3 Å². The normalized spacial score (nSPS) is 19.7. The van der Waals surface area contributed by atoms with Gasteiger partial charge in [0.25, 0.3) is 11.8 Å². The van der Waals surface area contributed by atoms with Crippen molar-refractivity contribution in [3.63, 3.8) is 0 Å². The minimum Gasteiger partial charge on any atom is -0.453 e. The summed E-state index contributed by atoms with van der Waals surface area (Å²) in [5.41, 5.74) is 1.64. The fraction of sp³-hybridized carbons (Fsp3) is 0.318.